The Morgan fingerprint density at radius 3 is 2.61 bits per heavy atom. The Kier molecular flexibility index (Phi) is 4.57. The van der Waals surface area contributed by atoms with Crippen molar-refractivity contribution in [2.75, 3.05) is 20.6 Å². The minimum atomic E-state index is -3.47. The summed E-state index contributed by atoms with van der Waals surface area (Å²) in [6.07, 6.45) is 3.20. The molecule has 2 aromatic rings. The maximum atomic E-state index is 12.9. The molecule has 2 heterocycles. The normalized spacial score (nSPS) is 16.3. The van der Waals surface area contributed by atoms with E-state index in [-0.39, 0.29) is 0 Å². The highest BCUT2D eigenvalue weighted by molar-refractivity contribution is 7.89. The highest BCUT2D eigenvalue weighted by Crippen LogP contribution is 2.25. The van der Waals surface area contributed by atoms with Crippen LogP contribution in [0.25, 0.3) is 0 Å². The van der Waals surface area contributed by atoms with Crippen LogP contribution in [0.4, 0.5) is 0 Å². The van der Waals surface area contributed by atoms with Gasteiger partial charge in [-0.05, 0) is 44.3 Å². The lowest BCUT2D eigenvalue weighted by Gasteiger charge is -2.20. The summed E-state index contributed by atoms with van der Waals surface area (Å²) < 4.78 is 32.8. The molecule has 1 aliphatic rings. The first-order valence-corrected chi connectivity index (χ1v) is 9.20. The van der Waals surface area contributed by atoms with Gasteiger partial charge in [-0.25, -0.2) is 8.42 Å². The molecule has 124 valence electrons. The van der Waals surface area contributed by atoms with Gasteiger partial charge in [-0.1, -0.05) is 12.1 Å². The van der Waals surface area contributed by atoms with Gasteiger partial charge in [-0.2, -0.15) is 4.31 Å². The average molecular weight is 334 g/mol. The third-order valence-corrected chi connectivity index (χ3v) is 5.92. The van der Waals surface area contributed by atoms with Crippen LogP contribution < -0.4 is 0 Å². The molecule has 1 aliphatic heterocycles. The minimum absolute atomic E-state index is 0.354. The van der Waals surface area contributed by atoms with Gasteiger partial charge in [0.2, 0.25) is 10.0 Å². The number of rotatable bonds is 4. The molecule has 0 saturated carbocycles. The second kappa shape index (κ2) is 6.47. The minimum Gasteiger partial charge on any atom is -0.469 e. The molecule has 0 aliphatic carbocycles. The summed E-state index contributed by atoms with van der Waals surface area (Å²) in [5, 5.41) is 0. The molecule has 3 rings (SSSR count). The van der Waals surface area contributed by atoms with E-state index in [4.69, 9.17) is 4.42 Å². The first-order valence-electron chi connectivity index (χ1n) is 7.76. The van der Waals surface area contributed by atoms with Crippen LogP contribution in [-0.4, -0.2) is 38.3 Å². The first-order chi connectivity index (χ1) is 11.0. The molecule has 0 bridgehead atoms. The van der Waals surface area contributed by atoms with E-state index < -0.39 is 10.0 Å². The van der Waals surface area contributed by atoms with Crippen LogP contribution in [0.1, 0.15) is 23.3 Å². The van der Waals surface area contributed by atoms with Crippen molar-refractivity contribution in [1.82, 2.24) is 9.21 Å². The average Bonchev–Trinajstić information content (AvgIpc) is 2.84. The summed E-state index contributed by atoms with van der Waals surface area (Å²) in [4.78, 5) is 2.41. The van der Waals surface area contributed by atoms with Gasteiger partial charge in [0.25, 0.3) is 0 Å². The fourth-order valence-electron chi connectivity index (χ4n) is 2.90. The second-order valence-electron chi connectivity index (χ2n) is 6.19. The Morgan fingerprint density at radius 2 is 1.91 bits per heavy atom. The van der Waals surface area contributed by atoms with Crippen molar-refractivity contribution in [3.63, 3.8) is 0 Å². The van der Waals surface area contributed by atoms with Gasteiger partial charge < -0.3 is 9.32 Å². The quantitative estimate of drug-likeness (QED) is 0.862. The van der Waals surface area contributed by atoms with E-state index in [1.807, 2.05) is 32.3 Å². The summed E-state index contributed by atoms with van der Waals surface area (Å²) >= 11 is 0. The standard InChI is InChI=1S/C17H22N2O3S/c1-18(2)12-14-5-7-16(8-6-14)23(20,21)19-10-3-4-17-15(13-19)9-11-22-17/h5-9,11H,3-4,10,12-13H2,1-2H3. The SMILES string of the molecule is CN(C)Cc1ccc(S(=O)(=O)N2CCCc3occc3C2)cc1. The number of hydrogen-bond acceptors (Lipinski definition) is 4. The Balaban J connectivity index is 1.83. The molecule has 0 amide bonds. The topological polar surface area (TPSA) is 53.8 Å². The summed E-state index contributed by atoms with van der Waals surface area (Å²) in [5.41, 5.74) is 2.07. The van der Waals surface area contributed by atoms with Crippen LogP contribution in [0.15, 0.2) is 45.9 Å². The Hall–Kier alpha value is -1.63. The number of nitrogens with zero attached hydrogens (tertiary/aromatic N) is 2. The summed E-state index contributed by atoms with van der Waals surface area (Å²) in [6.45, 7) is 1.70. The molecular formula is C17H22N2O3S. The van der Waals surface area contributed by atoms with Crippen LogP contribution in [0, 0.1) is 0 Å². The van der Waals surface area contributed by atoms with Crippen molar-refractivity contribution in [3.8, 4) is 0 Å². The summed E-state index contributed by atoms with van der Waals surface area (Å²) in [7, 11) is 0.508. The van der Waals surface area contributed by atoms with E-state index in [9.17, 15) is 8.42 Å². The van der Waals surface area contributed by atoms with Crippen LogP contribution in [0.5, 0.6) is 0 Å². The zero-order valence-electron chi connectivity index (χ0n) is 13.5. The molecule has 0 radical (unpaired) electrons. The Bertz CT molecular complexity index is 763. The lowest BCUT2D eigenvalue weighted by Crippen LogP contribution is -2.30. The van der Waals surface area contributed by atoms with Crippen LogP contribution in [0.3, 0.4) is 0 Å². The molecule has 0 unspecified atom stereocenters. The molecule has 0 saturated heterocycles. The Labute approximate surface area is 137 Å². The zero-order chi connectivity index (χ0) is 16.4. The van der Waals surface area contributed by atoms with Crippen molar-refractivity contribution in [3.05, 3.63) is 53.5 Å². The number of sulfonamides is 1. The molecular weight excluding hydrogens is 312 g/mol. The van der Waals surface area contributed by atoms with Gasteiger partial charge in [-0.15, -0.1) is 0 Å². The maximum Gasteiger partial charge on any atom is 0.243 e. The molecule has 23 heavy (non-hydrogen) atoms. The first kappa shape index (κ1) is 16.2. The van der Waals surface area contributed by atoms with Gasteiger partial charge >= 0.3 is 0 Å². The van der Waals surface area contributed by atoms with E-state index in [1.54, 1.807) is 22.7 Å². The van der Waals surface area contributed by atoms with E-state index in [2.05, 4.69) is 4.90 Å². The number of benzene rings is 1. The number of aryl methyl sites for hydroxylation is 1. The van der Waals surface area contributed by atoms with Crippen molar-refractivity contribution >= 4 is 10.0 Å². The maximum absolute atomic E-state index is 12.9. The monoisotopic (exact) mass is 334 g/mol. The van der Waals surface area contributed by atoms with E-state index in [0.29, 0.717) is 18.0 Å². The predicted octanol–water partition coefficient (Wildman–Crippen LogP) is 2.48. The van der Waals surface area contributed by atoms with E-state index in [0.717, 1.165) is 36.3 Å². The molecule has 6 heteroatoms. The lowest BCUT2D eigenvalue weighted by atomic mass is 10.2. The van der Waals surface area contributed by atoms with Crippen molar-refractivity contribution < 1.29 is 12.8 Å². The van der Waals surface area contributed by atoms with Crippen molar-refractivity contribution in [1.29, 1.82) is 0 Å². The van der Waals surface area contributed by atoms with Crippen LogP contribution in [-0.2, 0) is 29.5 Å². The molecule has 0 N–H and O–H groups in total. The molecule has 5 nitrogen and oxygen atoms in total. The van der Waals surface area contributed by atoms with Gasteiger partial charge in [0.05, 0.1) is 11.2 Å². The molecule has 0 atom stereocenters. The summed E-state index contributed by atoms with van der Waals surface area (Å²) in [5.74, 6) is 0.907. The largest absolute Gasteiger partial charge is 0.469 e. The lowest BCUT2D eigenvalue weighted by molar-refractivity contribution is 0.402. The van der Waals surface area contributed by atoms with Gasteiger partial charge in [0.15, 0.2) is 0 Å². The van der Waals surface area contributed by atoms with E-state index in [1.165, 1.54) is 0 Å². The smallest absolute Gasteiger partial charge is 0.243 e. The highest BCUT2D eigenvalue weighted by atomic mass is 32.2. The Morgan fingerprint density at radius 1 is 1.17 bits per heavy atom. The molecule has 0 fully saturated rings. The third-order valence-electron chi connectivity index (χ3n) is 4.06. The van der Waals surface area contributed by atoms with Crippen molar-refractivity contribution in [2.24, 2.45) is 0 Å². The van der Waals surface area contributed by atoms with Crippen LogP contribution >= 0.6 is 0 Å². The fourth-order valence-corrected chi connectivity index (χ4v) is 4.36. The zero-order valence-corrected chi connectivity index (χ0v) is 14.3. The number of fused-ring (bicyclic) bond motifs is 1. The van der Waals surface area contributed by atoms with Crippen LogP contribution in [0.2, 0.25) is 0 Å². The predicted molar refractivity (Wildman–Crippen MR) is 88.5 cm³/mol. The molecule has 1 aromatic carbocycles. The molecule has 0 spiro atoms. The van der Waals surface area contributed by atoms with Crippen molar-refractivity contribution in [2.45, 2.75) is 30.8 Å². The van der Waals surface area contributed by atoms with Gasteiger partial charge in [0, 0.05) is 31.6 Å². The second-order valence-corrected chi connectivity index (χ2v) is 8.13. The number of furan rings is 1. The molecule has 1 aromatic heterocycles. The van der Waals surface area contributed by atoms with E-state index >= 15 is 0 Å². The fraction of sp³-hybridized carbons (Fsp3) is 0.412. The van der Waals surface area contributed by atoms with Gasteiger partial charge in [0.1, 0.15) is 5.76 Å². The number of hydrogen-bond donors (Lipinski definition) is 0. The van der Waals surface area contributed by atoms with Gasteiger partial charge in [-0.3, -0.25) is 0 Å². The highest BCUT2D eigenvalue weighted by Gasteiger charge is 2.27. The summed E-state index contributed by atoms with van der Waals surface area (Å²) in [6, 6.07) is 9.04. The third kappa shape index (κ3) is 3.49.